The molecule has 1 aliphatic rings. The fourth-order valence-corrected chi connectivity index (χ4v) is 1.47. The Bertz CT molecular complexity index is 340. The maximum atomic E-state index is 4.16. The van der Waals surface area contributed by atoms with Crippen LogP contribution in [0.15, 0.2) is 23.2 Å². The lowest BCUT2D eigenvalue weighted by Gasteiger charge is -2.15. The molecule has 1 N–H and O–H groups in total. The molecule has 1 aromatic carbocycles. The van der Waals surface area contributed by atoms with Gasteiger partial charge < -0.3 is 5.32 Å². The van der Waals surface area contributed by atoms with Crippen LogP contribution in [0, 0.1) is 0 Å². The normalized spacial score (nSPS) is 12.6. The zero-order chi connectivity index (χ0) is 11.3. The van der Waals surface area contributed by atoms with E-state index in [1.807, 2.05) is 20.1 Å². The van der Waals surface area contributed by atoms with Crippen LogP contribution >= 0.6 is 0 Å². The van der Waals surface area contributed by atoms with Gasteiger partial charge in [0.15, 0.2) is 0 Å². The van der Waals surface area contributed by atoms with Gasteiger partial charge in [0.1, 0.15) is 6.67 Å². The summed E-state index contributed by atoms with van der Waals surface area (Å²) < 4.78 is 0. The molecule has 2 rings (SSSR count). The van der Waals surface area contributed by atoms with Crippen molar-refractivity contribution in [2.24, 2.45) is 4.99 Å². The van der Waals surface area contributed by atoms with Gasteiger partial charge in [-0.15, -0.1) is 0 Å². The summed E-state index contributed by atoms with van der Waals surface area (Å²) in [5, 5.41) is 3.26. The summed E-state index contributed by atoms with van der Waals surface area (Å²) in [7, 11) is 0. The van der Waals surface area contributed by atoms with E-state index in [9.17, 15) is 0 Å². The van der Waals surface area contributed by atoms with E-state index in [2.05, 4.69) is 42.4 Å². The SMILES string of the molecule is CC.CC(C)c1ccc2c(c1)NCN=C2. The first-order valence-electron chi connectivity index (χ1n) is 5.65. The zero-order valence-corrected chi connectivity index (χ0v) is 10.0. The van der Waals surface area contributed by atoms with Gasteiger partial charge in [-0.3, -0.25) is 4.99 Å². The molecule has 0 aliphatic carbocycles. The quantitative estimate of drug-likeness (QED) is 0.742. The molecule has 82 valence electrons. The summed E-state index contributed by atoms with van der Waals surface area (Å²) in [6.07, 6.45) is 1.93. The molecule has 0 bridgehead atoms. The number of benzene rings is 1. The third-order valence-corrected chi connectivity index (χ3v) is 2.34. The number of fused-ring (bicyclic) bond motifs is 1. The van der Waals surface area contributed by atoms with Crippen molar-refractivity contribution in [1.82, 2.24) is 0 Å². The van der Waals surface area contributed by atoms with Crippen LogP contribution in [-0.4, -0.2) is 12.9 Å². The highest BCUT2D eigenvalue weighted by atomic mass is 15.0. The molecule has 0 amide bonds. The van der Waals surface area contributed by atoms with Crippen molar-refractivity contribution in [3.05, 3.63) is 29.3 Å². The number of nitrogens with zero attached hydrogens (tertiary/aromatic N) is 1. The summed E-state index contributed by atoms with van der Waals surface area (Å²) in [5.74, 6) is 0.589. The van der Waals surface area contributed by atoms with Crippen LogP contribution in [0.2, 0.25) is 0 Å². The first-order valence-corrected chi connectivity index (χ1v) is 5.65. The van der Waals surface area contributed by atoms with Crippen LogP contribution < -0.4 is 5.32 Å². The van der Waals surface area contributed by atoms with Crippen LogP contribution in [0.4, 0.5) is 5.69 Å². The van der Waals surface area contributed by atoms with Crippen molar-refractivity contribution in [3.8, 4) is 0 Å². The van der Waals surface area contributed by atoms with Gasteiger partial charge in [-0.2, -0.15) is 0 Å². The van der Waals surface area contributed by atoms with Crippen molar-refractivity contribution >= 4 is 11.9 Å². The second-order valence-corrected chi connectivity index (χ2v) is 3.65. The highest BCUT2D eigenvalue weighted by molar-refractivity contribution is 5.89. The molecule has 1 aliphatic heterocycles. The standard InChI is InChI=1S/C11H14N2.C2H6/c1-8(2)9-3-4-10-6-12-7-13-11(10)5-9;1-2/h3-6,8,13H,7H2,1-2H3;1-2H3. The van der Waals surface area contributed by atoms with Crippen LogP contribution in [0.1, 0.15) is 44.7 Å². The molecule has 0 fully saturated rings. The summed E-state index contributed by atoms with van der Waals surface area (Å²) in [4.78, 5) is 4.16. The number of hydrogen-bond acceptors (Lipinski definition) is 2. The average Bonchev–Trinajstić information content (AvgIpc) is 2.31. The minimum Gasteiger partial charge on any atom is -0.366 e. The van der Waals surface area contributed by atoms with Gasteiger partial charge in [0.2, 0.25) is 0 Å². The summed E-state index contributed by atoms with van der Waals surface area (Å²) in [5.41, 5.74) is 3.78. The van der Waals surface area contributed by atoms with Crippen molar-refractivity contribution < 1.29 is 0 Å². The second-order valence-electron chi connectivity index (χ2n) is 3.65. The van der Waals surface area contributed by atoms with Gasteiger partial charge in [0.25, 0.3) is 0 Å². The van der Waals surface area contributed by atoms with Gasteiger partial charge in [0, 0.05) is 17.5 Å². The monoisotopic (exact) mass is 204 g/mol. The topological polar surface area (TPSA) is 24.4 Å². The van der Waals surface area contributed by atoms with E-state index >= 15 is 0 Å². The minimum atomic E-state index is 0.589. The maximum Gasteiger partial charge on any atom is 0.107 e. The molecule has 0 aromatic heterocycles. The maximum absolute atomic E-state index is 4.16. The Balaban J connectivity index is 0.000000531. The van der Waals surface area contributed by atoms with E-state index in [1.54, 1.807) is 0 Å². The molecular formula is C13H20N2. The fourth-order valence-electron chi connectivity index (χ4n) is 1.47. The van der Waals surface area contributed by atoms with Gasteiger partial charge in [0.05, 0.1) is 0 Å². The highest BCUT2D eigenvalue weighted by Gasteiger charge is 2.06. The summed E-state index contributed by atoms with van der Waals surface area (Å²) >= 11 is 0. The molecule has 15 heavy (non-hydrogen) atoms. The van der Waals surface area contributed by atoms with E-state index in [1.165, 1.54) is 16.8 Å². The van der Waals surface area contributed by atoms with E-state index in [0.717, 1.165) is 0 Å². The fraction of sp³-hybridized carbons (Fsp3) is 0.462. The van der Waals surface area contributed by atoms with Gasteiger partial charge >= 0.3 is 0 Å². The van der Waals surface area contributed by atoms with Crippen LogP contribution in [0.3, 0.4) is 0 Å². The van der Waals surface area contributed by atoms with Crippen molar-refractivity contribution in [2.45, 2.75) is 33.6 Å². The van der Waals surface area contributed by atoms with Gasteiger partial charge in [-0.05, 0) is 17.5 Å². The minimum absolute atomic E-state index is 0.589. The molecule has 0 saturated carbocycles. The first kappa shape index (κ1) is 11.8. The predicted molar refractivity (Wildman–Crippen MR) is 68.0 cm³/mol. The molecule has 1 aromatic rings. The molecule has 0 atom stereocenters. The van der Waals surface area contributed by atoms with Crippen molar-refractivity contribution in [1.29, 1.82) is 0 Å². The molecule has 1 heterocycles. The van der Waals surface area contributed by atoms with Crippen LogP contribution in [0.5, 0.6) is 0 Å². The molecule has 2 heteroatoms. The van der Waals surface area contributed by atoms with Crippen LogP contribution in [0.25, 0.3) is 0 Å². The third-order valence-electron chi connectivity index (χ3n) is 2.34. The number of aliphatic imine (C=N–C) groups is 1. The molecule has 0 unspecified atom stereocenters. The Morgan fingerprint density at radius 2 is 2.00 bits per heavy atom. The molecule has 0 spiro atoms. The van der Waals surface area contributed by atoms with Gasteiger partial charge in [-0.1, -0.05) is 39.8 Å². The summed E-state index contributed by atoms with van der Waals surface area (Å²) in [6, 6.07) is 6.51. The van der Waals surface area contributed by atoms with E-state index in [4.69, 9.17) is 0 Å². The largest absolute Gasteiger partial charge is 0.366 e. The van der Waals surface area contributed by atoms with E-state index in [0.29, 0.717) is 12.6 Å². The smallest absolute Gasteiger partial charge is 0.107 e. The lowest BCUT2D eigenvalue weighted by atomic mass is 10.0. The van der Waals surface area contributed by atoms with Crippen molar-refractivity contribution in [3.63, 3.8) is 0 Å². The molecule has 0 radical (unpaired) electrons. The Morgan fingerprint density at radius 1 is 1.27 bits per heavy atom. The Morgan fingerprint density at radius 3 is 2.67 bits per heavy atom. The molecule has 0 saturated heterocycles. The third kappa shape index (κ3) is 2.82. The Labute approximate surface area is 92.4 Å². The summed E-state index contributed by atoms with van der Waals surface area (Å²) in [6.45, 7) is 9.12. The second kappa shape index (κ2) is 5.54. The zero-order valence-electron chi connectivity index (χ0n) is 10.0. The lowest BCUT2D eigenvalue weighted by molar-refractivity contribution is 0.866. The number of rotatable bonds is 1. The number of nitrogens with one attached hydrogen (secondary N) is 1. The molecule has 2 nitrogen and oxygen atoms in total. The molecular weight excluding hydrogens is 184 g/mol. The van der Waals surface area contributed by atoms with Crippen LogP contribution in [-0.2, 0) is 0 Å². The Kier molecular flexibility index (Phi) is 4.35. The highest BCUT2D eigenvalue weighted by Crippen LogP contribution is 2.23. The Hall–Kier alpha value is -1.31. The first-order chi connectivity index (χ1) is 7.27. The average molecular weight is 204 g/mol. The lowest BCUT2D eigenvalue weighted by Crippen LogP contribution is -2.08. The number of hydrogen-bond donors (Lipinski definition) is 1. The van der Waals surface area contributed by atoms with Gasteiger partial charge in [-0.25, -0.2) is 0 Å². The number of anilines is 1. The van der Waals surface area contributed by atoms with Crippen molar-refractivity contribution in [2.75, 3.05) is 12.0 Å². The van der Waals surface area contributed by atoms with E-state index < -0.39 is 0 Å². The van der Waals surface area contributed by atoms with E-state index in [-0.39, 0.29) is 0 Å². The predicted octanol–water partition coefficient (Wildman–Crippen LogP) is 3.64.